The largest absolute Gasteiger partial charge is 0.345 e. The first-order valence-corrected chi connectivity index (χ1v) is 6.94. The van der Waals surface area contributed by atoms with Gasteiger partial charge in [-0.15, -0.1) is 0 Å². The fourth-order valence-electron chi connectivity index (χ4n) is 1.53. The van der Waals surface area contributed by atoms with E-state index in [0.717, 1.165) is 18.4 Å². The summed E-state index contributed by atoms with van der Waals surface area (Å²) < 4.78 is 12.0. The topological polar surface area (TPSA) is 18.5 Å². The molecule has 0 saturated heterocycles. The molecule has 0 fully saturated rings. The average Bonchev–Trinajstić information content (AvgIpc) is 2.38. The molecule has 102 valence electrons. The first-order valence-electron chi connectivity index (χ1n) is 6.94. The Labute approximate surface area is 111 Å². The molecule has 1 rings (SSSR count). The summed E-state index contributed by atoms with van der Waals surface area (Å²) in [4.78, 5) is 0. The average molecular weight is 250 g/mol. The lowest BCUT2D eigenvalue weighted by molar-refractivity contribution is -0.193. The van der Waals surface area contributed by atoms with E-state index in [9.17, 15) is 0 Å². The van der Waals surface area contributed by atoms with Crippen molar-refractivity contribution in [2.45, 2.75) is 66.0 Å². The summed E-state index contributed by atoms with van der Waals surface area (Å²) in [5, 5.41) is 0. The molecular formula is C16H26O2. The number of hydrogen-bond acceptors (Lipinski definition) is 2. The lowest BCUT2D eigenvalue weighted by Crippen LogP contribution is -2.20. The van der Waals surface area contributed by atoms with Crippen molar-refractivity contribution in [3.8, 4) is 0 Å². The van der Waals surface area contributed by atoms with Gasteiger partial charge < -0.3 is 9.47 Å². The number of hydrogen-bond donors (Lipinski definition) is 0. The molecule has 0 saturated carbocycles. The third-order valence-electron chi connectivity index (χ3n) is 3.21. The lowest BCUT2D eigenvalue weighted by atomic mass is 10.1. The molecule has 0 aromatic heterocycles. The molecule has 0 spiro atoms. The van der Waals surface area contributed by atoms with Crippen molar-refractivity contribution >= 4 is 0 Å². The van der Waals surface area contributed by atoms with Crippen LogP contribution in [-0.4, -0.2) is 12.2 Å². The summed E-state index contributed by atoms with van der Waals surface area (Å²) >= 11 is 0. The van der Waals surface area contributed by atoms with Crippen molar-refractivity contribution in [2.75, 3.05) is 0 Å². The van der Waals surface area contributed by atoms with Crippen LogP contribution in [0, 0.1) is 6.92 Å². The molecule has 2 heteroatoms. The molecule has 0 aliphatic heterocycles. The van der Waals surface area contributed by atoms with Gasteiger partial charge in [0.1, 0.15) is 0 Å². The van der Waals surface area contributed by atoms with Crippen molar-refractivity contribution in [3.63, 3.8) is 0 Å². The van der Waals surface area contributed by atoms with Crippen LogP contribution in [-0.2, 0) is 9.47 Å². The Hall–Kier alpha value is -0.860. The van der Waals surface area contributed by atoms with E-state index < -0.39 is 0 Å². The predicted octanol–water partition coefficient (Wildman–Crippen LogP) is 4.62. The van der Waals surface area contributed by atoms with Gasteiger partial charge in [-0.25, -0.2) is 0 Å². The summed E-state index contributed by atoms with van der Waals surface area (Å²) in [6.07, 6.45) is 2.15. The predicted molar refractivity (Wildman–Crippen MR) is 75.6 cm³/mol. The van der Waals surface area contributed by atoms with Gasteiger partial charge in [0.15, 0.2) is 6.29 Å². The van der Waals surface area contributed by atoms with Crippen molar-refractivity contribution in [1.29, 1.82) is 0 Å². The minimum atomic E-state index is -0.254. The van der Waals surface area contributed by atoms with E-state index in [0.29, 0.717) is 0 Å². The zero-order chi connectivity index (χ0) is 13.5. The SMILES string of the molecule is CCC(C)OC(OC(C)CC)c1ccc(C)cc1. The van der Waals surface area contributed by atoms with E-state index in [1.807, 2.05) is 0 Å². The van der Waals surface area contributed by atoms with Gasteiger partial charge in [-0.1, -0.05) is 43.7 Å². The van der Waals surface area contributed by atoms with Gasteiger partial charge in [-0.2, -0.15) is 0 Å². The van der Waals surface area contributed by atoms with Gasteiger partial charge >= 0.3 is 0 Å². The number of rotatable bonds is 7. The van der Waals surface area contributed by atoms with Crippen LogP contribution in [0.25, 0.3) is 0 Å². The summed E-state index contributed by atoms with van der Waals surface area (Å²) in [5.41, 5.74) is 2.35. The first-order chi connectivity index (χ1) is 8.56. The Bertz CT molecular complexity index is 319. The smallest absolute Gasteiger partial charge is 0.184 e. The highest BCUT2D eigenvalue weighted by atomic mass is 16.7. The molecule has 2 nitrogen and oxygen atoms in total. The quantitative estimate of drug-likeness (QED) is 0.657. The van der Waals surface area contributed by atoms with Crippen LogP contribution < -0.4 is 0 Å². The molecule has 1 aromatic rings. The Morgan fingerprint density at radius 1 is 0.889 bits per heavy atom. The van der Waals surface area contributed by atoms with E-state index in [2.05, 4.69) is 58.9 Å². The van der Waals surface area contributed by atoms with Gasteiger partial charge in [0.25, 0.3) is 0 Å². The second-order valence-corrected chi connectivity index (χ2v) is 4.95. The van der Waals surface area contributed by atoms with Crippen LogP contribution in [0.3, 0.4) is 0 Å². The first kappa shape index (κ1) is 15.2. The van der Waals surface area contributed by atoms with Crippen LogP contribution in [0.2, 0.25) is 0 Å². The van der Waals surface area contributed by atoms with E-state index in [-0.39, 0.29) is 18.5 Å². The van der Waals surface area contributed by atoms with Gasteiger partial charge in [-0.3, -0.25) is 0 Å². The molecule has 18 heavy (non-hydrogen) atoms. The maximum absolute atomic E-state index is 5.98. The maximum Gasteiger partial charge on any atom is 0.184 e. The standard InChI is InChI=1S/C16H26O2/c1-6-13(4)17-16(18-14(5)7-2)15-10-8-12(3)9-11-15/h8-11,13-14,16H,6-7H2,1-5H3. The third-order valence-corrected chi connectivity index (χ3v) is 3.21. The molecule has 0 aliphatic rings. The zero-order valence-corrected chi connectivity index (χ0v) is 12.3. The number of benzene rings is 1. The van der Waals surface area contributed by atoms with Crippen LogP contribution >= 0.6 is 0 Å². The van der Waals surface area contributed by atoms with Crippen molar-refractivity contribution in [1.82, 2.24) is 0 Å². The fraction of sp³-hybridized carbons (Fsp3) is 0.625. The van der Waals surface area contributed by atoms with E-state index in [4.69, 9.17) is 9.47 Å². The molecule has 0 radical (unpaired) electrons. The van der Waals surface area contributed by atoms with Crippen LogP contribution in [0.4, 0.5) is 0 Å². The Kier molecular flexibility index (Phi) is 6.37. The highest BCUT2D eigenvalue weighted by Crippen LogP contribution is 2.24. The minimum Gasteiger partial charge on any atom is -0.345 e. The molecule has 0 bridgehead atoms. The van der Waals surface area contributed by atoms with E-state index in [1.165, 1.54) is 5.56 Å². The van der Waals surface area contributed by atoms with Gasteiger partial charge in [0.05, 0.1) is 12.2 Å². The van der Waals surface area contributed by atoms with Crippen molar-refractivity contribution in [2.24, 2.45) is 0 Å². The van der Waals surface area contributed by atoms with Crippen molar-refractivity contribution < 1.29 is 9.47 Å². The molecule has 1 aromatic carbocycles. The van der Waals surface area contributed by atoms with E-state index in [1.54, 1.807) is 0 Å². The Morgan fingerprint density at radius 2 is 1.33 bits per heavy atom. The van der Waals surface area contributed by atoms with E-state index >= 15 is 0 Å². The molecule has 0 aliphatic carbocycles. The Morgan fingerprint density at radius 3 is 1.72 bits per heavy atom. The summed E-state index contributed by atoms with van der Waals surface area (Å²) in [5.74, 6) is 0. The highest BCUT2D eigenvalue weighted by Gasteiger charge is 2.17. The summed E-state index contributed by atoms with van der Waals surface area (Å²) in [6, 6.07) is 8.38. The highest BCUT2D eigenvalue weighted by molar-refractivity contribution is 5.22. The molecular weight excluding hydrogens is 224 g/mol. The number of aryl methyl sites for hydroxylation is 1. The van der Waals surface area contributed by atoms with Crippen LogP contribution in [0.1, 0.15) is 58.0 Å². The molecule has 2 unspecified atom stereocenters. The molecule has 0 heterocycles. The van der Waals surface area contributed by atoms with Crippen LogP contribution in [0.15, 0.2) is 24.3 Å². The van der Waals surface area contributed by atoms with Crippen molar-refractivity contribution in [3.05, 3.63) is 35.4 Å². The van der Waals surface area contributed by atoms with Crippen LogP contribution in [0.5, 0.6) is 0 Å². The van der Waals surface area contributed by atoms with Gasteiger partial charge in [0.2, 0.25) is 0 Å². The normalized spacial score (nSPS) is 16.3. The molecule has 0 amide bonds. The van der Waals surface area contributed by atoms with Gasteiger partial charge in [-0.05, 0) is 33.6 Å². The monoisotopic (exact) mass is 250 g/mol. The van der Waals surface area contributed by atoms with Gasteiger partial charge in [0, 0.05) is 5.56 Å². The summed E-state index contributed by atoms with van der Waals surface area (Å²) in [7, 11) is 0. The summed E-state index contributed by atoms with van der Waals surface area (Å²) in [6.45, 7) is 10.5. The fourth-order valence-corrected chi connectivity index (χ4v) is 1.53. The third kappa shape index (κ3) is 4.79. The second-order valence-electron chi connectivity index (χ2n) is 4.95. The molecule has 2 atom stereocenters. The Balaban J connectivity index is 2.78. The second kappa shape index (κ2) is 7.55. The number of ether oxygens (including phenoxy) is 2. The zero-order valence-electron chi connectivity index (χ0n) is 12.3. The maximum atomic E-state index is 5.98. The lowest BCUT2D eigenvalue weighted by Gasteiger charge is -2.25. The minimum absolute atomic E-state index is 0.209. The molecule has 0 N–H and O–H groups in total.